The maximum Gasteiger partial charge on any atom is 0.161 e. The van der Waals surface area contributed by atoms with Crippen LogP contribution in [0.4, 0.5) is 10.1 Å². The molecule has 0 aliphatic heterocycles. The summed E-state index contributed by atoms with van der Waals surface area (Å²) in [6.45, 7) is 0. The van der Waals surface area contributed by atoms with Gasteiger partial charge in [0, 0.05) is 0 Å². The number of hydrogen-bond donors (Lipinski definition) is 1. The van der Waals surface area contributed by atoms with Gasteiger partial charge in [0.2, 0.25) is 0 Å². The highest BCUT2D eigenvalue weighted by Gasteiger charge is 2.02. The van der Waals surface area contributed by atoms with Crippen molar-refractivity contribution in [1.29, 1.82) is 0 Å². The van der Waals surface area contributed by atoms with E-state index in [1.54, 1.807) is 18.2 Å². The van der Waals surface area contributed by atoms with Gasteiger partial charge >= 0.3 is 0 Å². The Morgan fingerprint density at radius 3 is 2.79 bits per heavy atom. The molecule has 0 bridgehead atoms. The zero-order valence-electron chi connectivity index (χ0n) is 7.11. The average molecular weight is 212 g/mol. The molecule has 2 rings (SSSR count). The minimum atomic E-state index is -0.391. The summed E-state index contributed by atoms with van der Waals surface area (Å²) >= 11 is 5.81. The Morgan fingerprint density at radius 2 is 2.21 bits per heavy atom. The fourth-order valence-electron chi connectivity index (χ4n) is 1.10. The van der Waals surface area contributed by atoms with Gasteiger partial charge in [0.25, 0.3) is 0 Å². The largest absolute Gasteiger partial charge is 0.398 e. The lowest BCUT2D eigenvalue weighted by Crippen LogP contribution is -1.95. The molecule has 72 valence electrons. The van der Waals surface area contributed by atoms with Gasteiger partial charge in [-0.25, -0.2) is 9.07 Å². The minimum absolute atomic E-state index is 0.391. The Hall–Kier alpha value is -1.55. The summed E-state index contributed by atoms with van der Waals surface area (Å²) in [6.07, 6.45) is 2.39. The Balaban J connectivity index is 2.47. The van der Waals surface area contributed by atoms with Crippen molar-refractivity contribution in [3.05, 3.63) is 41.4 Å². The summed E-state index contributed by atoms with van der Waals surface area (Å²) in [4.78, 5) is 0. The van der Waals surface area contributed by atoms with Crippen molar-refractivity contribution in [3.63, 3.8) is 0 Å². The second-order valence-corrected chi connectivity index (χ2v) is 3.22. The molecular weight excluding hydrogens is 205 g/mol. The predicted molar refractivity (Wildman–Crippen MR) is 52.9 cm³/mol. The molecule has 1 heterocycles. The molecule has 2 aromatic rings. The minimum Gasteiger partial charge on any atom is -0.398 e. The highest BCUT2D eigenvalue weighted by Crippen LogP contribution is 2.21. The number of nitrogen functional groups attached to an aromatic ring is 1. The third-order valence-electron chi connectivity index (χ3n) is 1.80. The number of hydrogen-bond acceptors (Lipinski definition) is 2. The normalized spacial score (nSPS) is 10.4. The molecule has 0 aliphatic rings. The molecule has 0 saturated carbocycles. The first kappa shape index (κ1) is 9.02. The van der Waals surface area contributed by atoms with Crippen molar-refractivity contribution >= 4 is 17.3 Å². The molecule has 0 fully saturated rings. The van der Waals surface area contributed by atoms with Crippen LogP contribution in [0.1, 0.15) is 0 Å². The van der Waals surface area contributed by atoms with Gasteiger partial charge in [-0.3, -0.25) is 0 Å². The van der Waals surface area contributed by atoms with E-state index >= 15 is 0 Å². The Kier molecular flexibility index (Phi) is 2.13. The van der Waals surface area contributed by atoms with Gasteiger partial charge in [-0.05, 0) is 18.2 Å². The van der Waals surface area contributed by atoms with E-state index in [1.165, 1.54) is 10.9 Å². The molecule has 14 heavy (non-hydrogen) atoms. The van der Waals surface area contributed by atoms with Gasteiger partial charge < -0.3 is 5.73 Å². The van der Waals surface area contributed by atoms with E-state index in [0.29, 0.717) is 16.4 Å². The standard InChI is InChI=1S/C9H7ClFN3/c10-8-3-7(1-2-9(8)12)14-5-6(11)4-13-14/h1-5H,12H2. The van der Waals surface area contributed by atoms with E-state index in [1.807, 2.05) is 0 Å². The molecule has 0 spiro atoms. The SMILES string of the molecule is Nc1ccc(-n2cc(F)cn2)cc1Cl. The summed E-state index contributed by atoms with van der Waals surface area (Å²) < 4.78 is 14.0. The first-order valence-corrected chi connectivity index (χ1v) is 4.30. The first-order chi connectivity index (χ1) is 6.66. The number of benzene rings is 1. The number of aromatic nitrogens is 2. The van der Waals surface area contributed by atoms with Gasteiger partial charge in [0.15, 0.2) is 5.82 Å². The summed E-state index contributed by atoms with van der Waals surface area (Å²) in [6, 6.07) is 4.99. The zero-order valence-corrected chi connectivity index (χ0v) is 7.87. The van der Waals surface area contributed by atoms with Crippen LogP contribution in [0.5, 0.6) is 0 Å². The van der Waals surface area contributed by atoms with Crippen LogP contribution in [0.15, 0.2) is 30.6 Å². The van der Waals surface area contributed by atoms with Gasteiger partial charge in [-0.2, -0.15) is 5.10 Å². The third-order valence-corrected chi connectivity index (χ3v) is 2.13. The maximum absolute atomic E-state index is 12.7. The Bertz CT molecular complexity index is 467. The number of nitrogens with two attached hydrogens (primary N) is 1. The lowest BCUT2D eigenvalue weighted by molar-refractivity contribution is 0.627. The van der Waals surface area contributed by atoms with E-state index in [9.17, 15) is 4.39 Å². The van der Waals surface area contributed by atoms with E-state index in [4.69, 9.17) is 17.3 Å². The van der Waals surface area contributed by atoms with Gasteiger partial charge in [-0.15, -0.1) is 0 Å². The molecule has 0 radical (unpaired) electrons. The smallest absolute Gasteiger partial charge is 0.161 e. The molecule has 0 atom stereocenters. The Morgan fingerprint density at radius 1 is 1.43 bits per heavy atom. The van der Waals surface area contributed by atoms with Crippen molar-refractivity contribution in [2.45, 2.75) is 0 Å². The Labute approximate surface area is 84.9 Å². The summed E-state index contributed by atoms with van der Waals surface area (Å²) in [7, 11) is 0. The quantitative estimate of drug-likeness (QED) is 0.736. The van der Waals surface area contributed by atoms with E-state index < -0.39 is 5.82 Å². The third kappa shape index (κ3) is 1.56. The number of anilines is 1. The van der Waals surface area contributed by atoms with Crippen LogP contribution in [0, 0.1) is 5.82 Å². The van der Waals surface area contributed by atoms with Crippen LogP contribution >= 0.6 is 11.6 Å². The second-order valence-electron chi connectivity index (χ2n) is 2.81. The van der Waals surface area contributed by atoms with Crippen LogP contribution in [0.25, 0.3) is 5.69 Å². The number of halogens is 2. The van der Waals surface area contributed by atoms with Crippen LogP contribution in [-0.4, -0.2) is 9.78 Å². The molecule has 0 amide bonds. The maximum atomic E-state index is 12.7. The van der Waals surface area contributed by atoms with Crippen molar-refractivity contribution in [2.75, 3.05) is 5.73 Å². The summed E-state index contributed by atoms with van der Waals surface area (Å²) in [5, 5.41) is 4.23. The van der Waals surface area contributed by atoms with Crippen LogP contribution in [0.2, 0.25) is 5.02 Å². The number of rotatable bonds is 1. The van der Waals surface area contributed by atoms with Gasteiger partial charge in [0.05, 0.1) is 28.8 Å². The topological polar surface area (TPSA) is 43.8 Å². The van der Waals surface area contributed by atoms with Crippen LogP contribution in [0.3, 0.4) is 0 Å². The average Bonchev–Trinajstić information content (AvgIpc) is 2.57. The number of nitrogens with zero attached hydrogens (tertiary/aromatic N) is 2. The summed E-state index contributed by atoms with van der Waals surface area (Å²) in [5.41, 5.74) is 6.70. The molecule has 0 unspecified atom stereocenters. The fraction of sp³-hybridized carbons (Fsp3) is 0. The first-order valence-electron chi connectivity index (χ1n) is 3.92. The predicted octanol–water partition coefficient (Wildman–Crippen LogP) is 2.25. The van der Waals surface area contributed by atoms with Crippen LogP contribution < -0.4 is 5.73 Å². The van der Waals surface area contributed by atoms with E-state index in [0.717, 1.165) is 6.20 Å². The van der Waals surface area contributed by atoms with E-state index in [-0.39, 0.29) is 0 Å². The zero-order chi connectivity index (χ0) is 10.1. The van der Waals surface area contributed by atoms with Gasteiger partial charge in [0.1, 0.15) is 0 Å². The van der Waals surface area contributed by atoms with Crippen molar-refractivity contribution < 1.29 is 4.39 Å². The van der Waals surface area contributed by atoms with Crippen molar-refractivity contribution in [2.24, 2.45) is 0 Å². The highest BCUT2D eigenvalue weighted by molar-refractivity contribution is 6.33. The summed E-state index contributed by atoms with van der Waals surface area (Å²) in [5.74, 6) is -0.391. The van der Waals surface area contributed by atoms with Gasteiger partial charge in [-0.1, -0.05) is 11.6 Å². The molecule has 2 N–H and O–H groups in total. The van der Waals surface area contributed by atoms with E-state index in [2.05, 4.69) is 5.10 Å². The molecular formula is C9H7ClFN3. The molecule has 3 nitrogen and oxygen atoms in total. The molecule has 5 heteroatoms. The van der Waals surface area contributed by atoms with Crippen molar-refractivity contribution in [1.82, 2.24) is 9.78 Å². The lowest BCUT2D eigenvalue weighted by Gasteiger charge is -2.02. The monoisotopic (exact) mass is 211 g/mol. The second kappa shape index (κ2) is 3.31. The van der Waals surface area contributed by atoms with Crippen LogP contribution in [-0.2, 0) is 0 Å². The molecule has 0 saturated heterocycles. The lowest BCUT2D eigenvalue weighted by atomic mass is 10.3. The molecule has 0 aliphatic carbocycles. The molecule has 1 aromatic heterocycles. The highest BCUT2D eigenvalue weighted by atomic mass is 35.5. The van der Waals surface area contributed by atoms with Crippen molar-refractivity contribution in [3.8, 4) is 5.69 Å². The fourth-order valence-corrected chi connectivity index (χ4v) is 1.28. The molecule has 1 aromatic carbocycles.